The summed E-state index contributed by atoms with van der Waals surface area (Å²) in [5, 5.41) is 8.53. The van der Waals surface area contributed by atoms with E-state index in [0.717, 1.165) is 25.6 Å². The van der Waals surface area contributed by atoms with Crippen molar-refractivity contribution in [2.24, 2.45) is 5.92 Å². The monoisotopic (exact) mass is 436 g/mol. The van der Waals surface area contributed by atoms with Crippen molar-refractivity contribution in [1.29, 1.82) is 0 Å². The third-order valence-electron chi connectivity index (χ3n) is 5.00. The SMILES string of the molecule is CC(Oc1cccnc1C(F)(F)F)[C@H]1CCCN(c2cncc(-c3nncs3)n2)C1. The number of pyridine rings is 1. The summed E-state index contributed by atoms with van der Waals surface area (Å²) in [6.45, 7) is 3.19. The molecular weight excluding hydrogens is 417 g/mol. The van der Waals surface area contributed by atoms with Gasteiger partial charge >= 0.3 is 6.18 Å². The van der Waals surface area contributed by atoms with Crippen molar-refractivity contribution in [3.05, 3.63) is 41.9 Å². The summed E-state index contributed by atoms with van der Waals surface area (Å²) in [5.74, 6) is 0.497. The second-order valence-corrected chi connectivity index (χ2v) is 7.86. The Balaban J connectivity index is 1.48. The fourth-order valence-corrected chi connectivity index (χ4v) is 4.00. The second-order valence-electron chi connectivity index (χ2n) is 7.03. The molecule has 0 bridgehead atoms. The summed E-state index contributed by atoms with van der Waals surface area (Å²) in [6, 6.07) is 2.75. The minimum atomic E-state index is -4.56. The second kappa shape index (κ2) is 8.50. The van der Waals surface area contributed by atoms with Crippen LogP contribution >= 0.6 is 11.3 Å². The van der Waals surface area contributed by atoms with Gasteiger partial charge < -0.3 is 9.64 Å². The molecule has 0 N–H and O–H groups in total. The standard InChI is InChI=1S/C19H19F3N6OS/c1-12(29-15-5-2-6-24-17(15)19(20,21)22)13-4-3-7-28(10-13)16-9-23-8-14(26-16)18-27-25-11-30-18/h2,5-6,8-9,11-13H,3-4,7,10H2,1H3/t12?,13-/m0/s1. The lowest BCUT2D eigenvalue weighted by molar-refractivity contribution is -0.143. The molecule has 0 saturated carbocycles. The zero-order valence-corrected chi connectivity index (χ0v) is 16.9. The summed E-state index contributed by atoms with van der Waals surface area (Å²) in [6.07, 6.45) is 1.18. The van der Waals surface area contributed by atoms with Crippen LogP contribution in [0.2, 0.25) is 0 Å². The number of ether oxygens (including phenoxy) is 1. The molecule has 30 heavy (non-hydrogen) atoms. The molecule has 1 aliphatic rings. The zero-order valence-electron chi connectivity index (χ0n) is 16.1. The molecule has 0 spiro atoms. The van der Waals surface area contributed by atoms with Crippen LogP contribution in [0, 0.1) is 5.92 Å². The lowest BCUT2D eigenvalue weighted by atomic mass is 9.93. The lowest BCUT2D eigenvalue weighted by Crippen LogP contribution is -2.42. The highest BCUT2D eigenvalue weighted by atomic mass is 32.1. The van der Waals surface area contributed by atoms with Gasteiger partial charge in [0.15, 0.2) is 16.5 Å². The predicted octanol–water partition coefficient (Wildman–Crippen LogP) is 4.09. The molecule has 1 aliphatic heterocycles. The molecule has 0 aromatic carbocycles. The third-order valence-corrected chi connectivity index (χ3v) is 5.71. The number of piperidine rings is 1. The van der Waals surface area contributed by atoms with Gasteiger partial charge in [-0.15, -0.1) is 10.2 Å². The van der Waals surface area contributed by atoms with Gasteiger partial charge in [-0.05, 0) is 31.9 Å². The Bertz CT molecular complexity index is 984. The number of nitrogens with zero attached hydrogens (tertiary/aromatic N) is 6. The van der Waals surface area contributed by atoms with Crippen molar-refractivity contribution >= 4 is 17.2 Å². The normalized spacial score (nSPS) is 18.3. The Morgan fingerprint density at radius 3 is 2.93 bits per heavy atom. The largest absolute Gasteiger partial charge is 0.488 e. The van der Waals surface area contributed by atoms with Crippen LogP contribution in [0.5, 0.6) is 5.75 Å². The smallest absolute Gasteiger partial charge is 0.437 e. The van der Waals surface area contributed by atoms with Crippen molar-refractivity contribution < 1.29 is 17.9 Å². The van der Waals surface area contributed by atoms with E-state index in [1.807, 2.05) is 0 Å². The highest BCUT2D eigenvalue weighted by Gasteiger charge is 2.37. The van der Waals surface area contributed by atoms with E-state index < -0.39 is 18.0 Å². The van der Waals surface area contributed by atoms with Gasteiger partial charge in [-0.3, -0.25) is 4.98 Å². The van der Waals surface area contributed by atoms with Crippen LogP contribution < -0.4 is 9.64 Å². The number of aromatic nitrogens is 5. The molecule has 7 nitrogen and oxygen atoms in total. The first-order valence-corrected chi connectivity index (χ1v) is 10.3. The van der Waals surface area contributed by atoms with Crippen LogP contribution in [0.25, 0.3) is 10.7 Å². The molecule has 1 fully saturated rings. The van der Waals surface area contributed by atoms with Gasteiger partial charge in [0.25, 0.3) is 0 Å². The Hall–Kier alpha value is -2.82. The van der Waals surface area contributed by atoms with Gasteiger partial charge in [-0.25, -0.2) is 9.97 Å². The van der Waals surface area contributed by atoms with Crippen molar-refractivity contribution in [2.75, 3.05) is 18.0 Å². The molecule has 3 aromatic rings. The summed E-state index contributed by atoms with van der Waals surface area (Å²) in [7, 11) is 0. The van der Waals surface area contributed by atoms with Gasteiger partial charge in [0, 0.05) is 25.2 Å². The number of anilines is 1. The molecule has 0 aliphatic carbocycles. The first-order chi connectivity index (χ1) is 14.4. The average Bonchev–Trinajstić information content (AvgIpc) is 3.29. The van der Waals surface area contributed by atoms with Crippen LogP contribution in [0.1, 0.15) is 25.5 Å². The van der Waals surface area contributed by atoms with Crippen molar-refractivity contribution in [1.82, 2.24) is 25.1 Å². The maximum absolute atomic E-state index is 13.2. The zero-order chi connectivity index (χ0) is 21.1. The highest BCUT2D eigenvalue weighted by molar-refractivity contribution is 7.12. The highest BCUT2D eigenvalue weighted by Crippen LogP contribution is 2.36. The van der Waals surface area contributed by atoms with Crippen molar-refractivity contribution in [3.63, 3.8) is 0 Å². The molecule has 0 radical (unpaired) electrons. The van der Waals surface area contributed by atoms with E-state index in [4.69, 9.17) is 4.74 Å². The molecule has 11 heteroatoms. The molecule has 1 saturated heterocycles. The van der Waals surface area contributed by atoms with Gasteiger partial charge in [-0.1, -0.05) is 11.3 Å². The van der Waals surface area contributed by atoms with Crippen molar-refractivity contribution in [3.8, 4) is 16.5 Å². The van der Waals surface area contributed by atoms with Crippen LogP contribution in [0.4, 0.5) is 19.0 Å². The molecule has 1 unspecified atom stereocenters. The lowest BCUT2D eigenvalue weighted by Gasteiger charge is -2.36. The molecule has 158 valence electrons. The minimum Gasteiger partial charge on any atom is -0.488 e. The molecule has 2 atom stereocenters. The van der Waals surface area contributed by atoms with E-state index >= 15 is 0 Å². The molecule has 3 aromatic heterocycles. The number of rotatable bonds is 5. The van der Waals surface area contributed by atoms with E-state index in [2.05, 4.69) is 30.0 Å². The third kappa shape index (κ3) is 4.50. The first kappa shape index (κ1) is 20.5. The quantitative estimate of drug-likeness (QED) is 0.596. The fourth-order valence-electron chi connectivity index (χ4n) is 3.49. The number of hydrogen-bond donors (Lipinski definition) is 0. The van der Waals surface area contributed by atoms with Crippen LogP contribution in [0.3, 0.4) is 0 Å². The van der Waals surface area contributed by atoms with Crippen LogP contribution in [-0.2, 0) is 6.18 Å². The van der Waals surface area contributed by atoms with Gasteiger partial charge in [-0.2, -0.15) is 13.2 Å². The number of hydrogen-bond acceptors (Lipinski definition) is 8. The Morgan fingerprint density at radius 1 is 1.30 bits per heavy atom. The summed E-state index contributed by atoms with van der Waals surface area (Å²) in [5.41, 5.74) is 1.28. The van der Waals surface area contributed by atoms with E-state index in [-0.39, 0.29) is 11.7 Å². The van der Waals surface area contributed by atoms with Gasteiger partial charge in [0.1, 0.15) is 23.1 Å². The Labute approximate surface area is 175 Å². The summed E-state index contributed by atoms with van der Waals surface area (Å²) < 4.78 is 45.3. The fraction of sp³-hybridized carbons (Fsp3) is 0.421. The maximum atomic E-state index is 13.2. The molecule has 0 amide bonds. The van der Waals surface area contributed by atoms with Crippen LogP contribution in [-0.4, -0.2) is 44.3 Å². The number of alkyl halides is 3. The first-order valence-electron chi connectivity index (χ1n) is 9.44. The maximum Gasteiger partial charge on any atom is 0.437 e. The van der Waals surface area contributed by atoms with E-state index in [1.165, 1.54) is 23.5 Å². The van der Waals surface area contributed by atoms with Crippen molar-refractivity contribution in [2.45, 2.75) is 32.0 Å². The Morgan fingerprint density at radius 2 is 2.17 bits per heavy atom. The van der Waals surface area contributed by atoms with E-state index in [0.29, 0.717) is 23.1 Å². The summed E-state index contributed by atoms with van der Waals surface area (Å²) in [4.78, 5) is 14.4. The van der Waals surface area contributed by atoms with Crippen LogP contribution in [0.15, 0.2) is 36.2 Å². The predicted molar refractivity (Wildman–Crippen MR) is 105 cm³/mol. The number of halogens is 3. The summed E-state index contributed by atoms with van der Waals surface area (Å²) >= 11 is 1.38. The van der Waals surface area contributed by atoms with E-state index in [1.54, 1.807) is 24.8 Å². The van der Waals surface area contributed by atoms with E-state index in [9.17, 15) is 13.2 Å². The molecular formula is C19H19F3N6OS. The minimum absolute atomic E-state index is 0.0343. The van der Waals surface area contributed by atoms with Gasteiger partial charge in [0.2, 0.25) is 0 Å². The average molecular weight is 436 g/mol. The Kier molecular flexibility index (Phi) is 5.80. The topological polar surface area (TPSA) is 76.9 Å². The molecule has 4 heterocycles. The molecule has 4 rings (SSSR count). The van der Waals surface area contributed by atoms with Gasteiger partial charge in [0.05, 0.1) is 12.4 Å².